The average Bonchev–Trinajstić information content (AvgIpc) is 3.15. The molecular weight excluding hydrogens is 334 g/mol. The predicted molar refractivity (Wildman–Crippen MR) is 98.7 cm³/mol. The van der Waals surface area contributed by atoms with E-state index in [1.165, 1.54) is 16.9 Å². The molecule has 2 aromatic carbocycles. The van der Waals surface area contributed by atoms with Gasteiger partial charge in [-0.25, -0.2) is 9.78 Å². The molecule has 0 aliphatic carbocycles. The lowest BCUT2D eigenvalue weighted by Gasteiger charge is -2.06. The Balaban J connectivity index is 1.46. The normalized spacial score (nSPS) is 10.4. The largest absolute Gasteiger partial charge is 0.482 e. The van der Waals surface area contributed by atoms with Crippen LogP contribution in [0, 0.1) is 0 Å². The average molecular weight is 353 g/mol. The van der Waals surface area contributed by atoms with E-state index in [1.807, 2.05) is 60.0 Å². The zero-order valence-electron chi connectivity index (χ0n) is 14.0. The summed E-state index contributed by atoms with van der Waals surface area (Å²) >= 11 is 1.53. The fourth-order valence-corrected chi connectivity index (χ4v) is 3.06. The van der Waals surface area contributed by atoms with Gasteiger partial charge in [0, 0.05) is 10.9 Å². The maximum atomic E-state index is 11.8. The van der Waals surface area contributed by atoms with Crippen molar-refractivity contribution < 1.29 is 14.3 Å². The second-order valence-corrected chi connectivity index (χ2v) is 6.31. The molecule has 0 fully saturated rings. The van der Waals surface area contributed by atoms with Crippen LogP contribution >= 0.6 is 11.3 Å². The van der Waals surface area contributed by atoms with Crippen LogP contribution in [-0.4, -0.2) is 17.6 Å². The molecule has 1 aromatic heterocycles. The van der Waals surface area contributed by atoms with E-state index < -0.39 is 5.97 Å². The highest BCUT2D eigenvalue weighted by Crippen LogP contribution is 2.23. The second-order valence-electron chi connectivity index (χ2n) is 5.46. The van der Waals surface area contributed by atoms with Crippen LogP contribution in [0.4, 0.5) is 0 Å². The number of hydrogen-bond donors (Lipinski definition) is 0. The topological polar surface area (TPSA) is 48.4 Å². The minimum absolute atomic E-state index is 0.110. The Morgan fingerprint density at radius 2 is 1.84 bits per heavy atom. The lowest BCUT2D eigenvalue weighted by atomic mass is 10.2. The van der Waals surface area contributed by atoms with Crippen LogP contribution < -0.4 is 4.74 Å². The van der Waals surface area contributed by atoms with Gasteiger partial charge in [-0.05, 0) is 24.1 Å². The zero-order chi connectivity index (χ0) is 17.5. The van der Waals surface area contributed by atoms with Crippen molar-refractivity contribution in [2.24, 2.45) is 0 Å². The van der Waals surface area contributed by atoms with E-state index in [0.29, 0.717) is 5.75 Å². The Morgan fingerprint density at radius 3 is 2.56 bits per heavy atom. The van der Waals surface area contributed by atoms with E-state index in [1.54, 1.807) is 0 Å². The molecular formula is C20H19NO3S. The van der Waals surface area contributed by atoms with E-state index in [2.05, 4.69) is 11.9 Å². The SMILES string of the molecule is CCc1ccc(OCC(=O)OCc2csc(-c3ccccc3)n2)cc1. The first-order valence-corrected chi connectivity index (χ1v) is 8.99. The molecule has 0 saturated carbocycles. The summed E-state index contributed by atoms with van der Waals surface area (Å²) in [5.74, 6) is 0.253. The van der Waals surface area contributed by atoms with Gasteiger partial charge < -0.3 is 9.47 Å². The summed E-state index contributed by atoms with van der Waals surface area (Å²) in [4.78, 5) is 16.3. The van der Waals surface area contributed by atoms with Crippen molar-refractivity contribution in [1.82, 2.24) is 4.98 Å². The molecule has 0 bridgehead atoms. The van der Waals surface area contributed by atoms with Crippen LogP contribution in [0.25, 0.3) is 10.6 Å². The number of aryl methyl sites for hydroxylation is 1. The molecule has 0 atom stereocenters. The van der Waals surface area contributed by atoms with Gasteiger partial charge in [0.15, 0.2) is 6.61 Å². The molecule has 25 heavy (non-hydrogen) atoms. The minimum atomic E-state index is -0.408. The quantitative estimate of drug-likeness (QED) is 0.587. The van der Waals surface area contributed by atoms with Crippen molar-refractivity contribution in [2.45, 2.75) is 20.0 Å². The molecule has 0 radical (unpaired) electrons. The number of benzene rings is 2. The number of aromatic nitrogens is 1. The van der Waals surface area contributed by atoms with Crippen molar-refractivity contribution in [3.63, 3.8) is 0 Å². The molecule has 0 amide bonds. The van der Waals surface area contributed by atoms with Gasteiger partial charge in [-0.1, -0.05) is 49.4 Å². The van der Waals surface area contributed by atoms with Gasteiger partial charge in [0.2, 0.25) is 0 Å². The van der Waals surface area contributed by atoms with Gasteiger partial charge in [-0.15, -0.1) is 11.3 Å². The Morgan fingerprint density at radius 1 is 1.08 bits per heavy atom. The summed E-state index contributed by atoms with van der Waals surface area (Å²) in [6.07, 6.45) is 0.973. The van der Waals surface area contributed by atoms with Crippen molar-refractivity contribution in [1.29, 1.82) is 0 Å². The lowest BCUT2D eigenvalue weighted by Crippen LogP contribution is -2.14. The van der Waals surface area contributed by atoms with Crippen LogP contribution in [0.2, 0.25) is 0 Å². The lowest BCUT2D eigenvalue weighted by molar-refractivity contribution is -0.147. The van der Waals surface area contributed by atoms with Gasteiger partial charge in [-0.3, -0.25) is 0 Å². The Hall–Kier alpha value is -2.66. The first kappa shape index (κ1) is 17.2. The van der Waals surface area contributed by atoms with Crippen LogP contribution in [0.3, 0.4) is 0 Å². The summed E-state index contributed by atoms with van der Waals surface area (Å²) in [5.41, 5.74) is 3.03. The molecule has 0 spiro atoms. The fourth-order valence-electron chi connectivity index (χ4n) is 2.25. The van der Waals surface area contributed by atoms with Crippen LogP contribution in [0.15, 0.2) is 60.0 Å². The van der Waals surface area contributed by atoms with E-state index in [9.17, 15) is 4.79 Å². The predicted octanol–water partition coefficient (Wildman–Crippen LogP) is 4.49. The van der Waals surface area contributed by atoms with E-state index in [-0.39, 0.29) is 13.2 Å². The first-order chi connectivity index (χ1) is 12.2. The van der Waals surface area contributed by atoms with Crippen molar-refractivity contribution in [2.75, 3.05) is 6.61 Å². The molecule has 5 heteroatoms. The number of carbonyl (C=O) groups is 1. The third-order valence-electron chi connectivity index (χ3n) is 3.64. The van der Waals surface area contributed by atoms with E-state index in [0.717, 1.165) is 22.7 Å². The molecule has 0 aliphatic heterocycles. The highest BCUT2D eigenvalue weighted by Gasteiger charge is 2.08. The minimum Gasteiger partial charge on any atom is -0.482 e. The van der Waals surface area contributed by atoms with Gasteiger partial charge >= 0.3 is 5.97 Å². The number of hydrogen-bond acceptors (Lipinski definition) is 5. The number of carbonyl (C=O) groups excluding carboxylic acids is 1. The Kier molecular flexibility index (Phi) is 5.80. The summed E-state index contributed by atoms with van der Waals surface area (Å²) in [6, 6.07) is 17.6. The van der Waals surface area contributed by atoms with Crippen LogP contribution in [0.5, 0.6) is 5.75 Å². The third-order valence-corrected chi connectivity index (χ3v) is 4.58. The van der Waals surface area contributed by atoms with E-state index in [4.69, 9.17) is 9.47 Å². The zero-order valence-corrected chi connectivity index (χ0v) is 14.8. The number of thiazole rings is 1. The van der Waals surface area contributed by atoms with E-state index >= 15 is 0 Å². The summed E-state index contributed by atoms with van der Waals surface area (Å²) < 4.78 is 10.7. The highest BCUT2D eigenvalue weighted by atomic mass is 32.1. The summed E-state index contributed by atoms with van der Waals surface area (Å²) in [7, 11) is 0. The molecule has 0 unspecified atom stereocenters. The van der Waals surface area contributed by atoms with Crippen molar-refractivity contribution in [3.8, 4) is 16.3 Å². The van der Waals surface area contributed by atoms with Crippen molar-refractivity contribution in [3.05, 3.63) is 71.2 Å². The number of nitrogens with zero attached hydrogens (tertiary/aromatic N) is 1. The molecule has 0 aliphatic rings. The van der Waals surface area contributed by atoms with Gasteiger partial charge in [-0.2, -0.15) is 0 Å². The summed E-state index contributed by atoms with van der Waals surface area (Å²) in [6.45, 7) is 2.14. The van der Waals surface area contributed by atoms with Crippen LogP contribution in [0.1, 0.15) is 18.2 Å². The molecule has 1 heterocycles. The van der Waals surface area contributed by atoms with Gasteiger partial charge in [0.25, 0.3) is 0 Å². The number of esters is 1. The fraction of sp³-hybridized carbons (Fsp3) is 0.200. The first-order valence-electron chi connectivity index (χ1n) is 8.12. The molecule has 4 nitrogen and oxygen atoms in total. The molecule has 0 saturated heterocycles. The summed E-state index contributed by atoms with van der Waals surface area (Å²) in [5, 5.41) is 2.82. The maximum Gasteiger partial charge on any atom is 0.344 e. The van der Waals surface area contributed by atoms with Gasteiger partial charge in [0.05, 0.1) is 5.69 Å². The molecule has 128 valence electrons. The maximum absolute atomic E-state index is 11.8. The molecule has 3 rings (SSSR count). The van der Waals surface area contributed by atoms with Gasteiger partial charge in [0.1, 0.15) is 17.4 Å². The molecule has 0 N–H and O–H groups in total. The monoisotopic (exact) mass is 353 g/mol. The van der Waals surface area contributed by atoms with Crippen LogP contribution in [-0.2, 0) is 22.6 Å². The Bertz CT molecular complexity index is 812. The standard InChI is InChI=1S/C20H19NO3S/c1-2-15-8-10-18(11-9-15)23-13-19(22)24-12-17-14-25-20(21-17)16-6-4-3-5-7-16/h3-11,14H,2,12-13H2,1H3. The second kappa shape index (κ2) is 8.44. The number of ether oxygens (including phenoxy) is 2. The number of rotatable bonds is 7. The smallest absolute Gasteiger partial charge is 0.344 e. The Labute approximate surface area is 151 Å². The molecule has 3 aromatic rings. The van der Waals surface area contributed by atoms with Crippen molar-refractivity contribution >= 4 is 17.3 Å². The highest BCUT2D eigenvalue weighted by molar-refractivity contribution is 7.13. The third kappa shape index (κ3) is 4.90.